The van der Waals surface area contributed by atoms with Crippen LogP contribution in [0.25, 0.3) is 11.6 Å². The van der Waals surface area contributed by atoms with Crippen LogP contribution < -0.4 is 5.32 Å². The minimum Gasteiger partial charge on any atom is -0.375 e. The first kappa shape index (κ1) is 24.5. The Morgan fingerprint density at radius 1 is 0.714 bits per heavy atom. The first-order chi connectivity index (χ1) is 17.0. The molecule has 4 aromatic rings. The van der Waals surface area contributed by atoms with Crippen molar-refractivity contribution in [3.05, 3.63) is 137 Å². The van der Waals surface area contributed by atoms with Crippen molar-refractivity contribution in [2.75, 3.05) is 5.32 Å². The van der Waals surface area contributed by atoms with Gasteiger partial charge in [0.05, 0.1) is 5.54 Å². The minimum absolute atomic E-state index is 0.0810. The van der Waals surface area contributed by atoms with E-state index < -0.39 is 0 Å². The fraction of sp³-hybridized carbons (Fsp3) is 0.235. The van der Waals surface area contributed by atoms with Gasteiger partial charge < -0.3 is 5.32 Å². The molecule has 0 amide bonds. The molecule has 1 nitrogen and oxygen atoms in total. The fourth-order valence-corrected chi connectivity index (χ4v) is 4.90. The van der Waals surface area contributed by atoms with Gasteiger partial charge in [0.25, 0.3) is 0 Å². The van der Waals surface area contributed by atoms with Gasteiger partial charge in [-0.25, -0.2) is 0 Å². The van der Waals surface area contributed by atoms with Gasteiger partial charge in [0.2, 0.25) is 0 Å². The molecule has 0 aliphatic heterocycles. The lowest BCUT2D eigenvalue weighted by molar-refractivity contribution is 0.428. The normalized spacial score (nSPS) is 13.3. The second-order valence-corrected chi connectivity index (χ2v) is 9.54. The maximum Gasteiger partial charge on any atom is 0.0622 e. The van der Waals surface area contributed by atoms with Crippen LogP contribution in [0.15, 0.2) is 103 Å². The standard InChI is InChI=1S/C34H37N/c1-5-24-34(6-2,35-33-15-11-10-12-27(33)4)31-22-18-28(19-23-31)25-32(29-13-8-7-9-14-29)30-20-16-26(3)17-21-30/h7-23,25,35H,5-6,24H2,1-4H3. The van der Waals surface area contributed by atoms with Crippen molar-refractivity contribution in [3.63, 3.8) is 0 Å². The highest BCUT2D eigenvalue weighted by Gasteiger charge is 2.29. The number of para-hydroxylation sites is 1. The average molecular weight is 460 g/mol. The molecule has 0 saturated heterocycles. The van der Waals surface area contributed by atoms with Gasteiger partial charge in [-0.1, -0.05) is 123 Å². The Balaban J connectivity index is 1.71. The largest absolute Gasteiger partial charge is 0.375 e. The summed E-state index contributed by atoms with van der Waals surface area (Å²) in [6.07, 6.45) is 5.56. The van der Waals surface area contributed by atoms with Crippen LogP contribution in [0, 0.1) is 13.8 Å². The van der Waals surface area contributed by atoms with Gasteiger partial charge in [-0.05, 0) is 72.2 Å². The SMILES string of the molecule is CCCC(CC)(Nc1ccccc1C)c1ccc(C=C(c2ccccc2)c2ccc(C)cc2)cc1. The molecule has 0 radical (unpaired) electrons. The Bertz CT molecular complexity index is 1250. The number of anilines is 1. The van der Waals surface area contributed by atoms with E-state index in [9.17, 15) is 0 Å². The van der Waals surface area contributed by atoms with Crippen molar-refractivity contribution in [1.29, 1.82) is 0 Å². The molecule has 0 spiro atoms. The van der Waals surface area contributed by atoms with Crippen LogP contribution in [-0.4, -0.2) is 0 Å². The lowest BCUT2D eigenvalue weighted by Crippen LogP contribution is -2.35. The molecule has 1 heteroatoms. The molecule has 0 aliphatic carbocycles. The number of aryl methyl sites for hydroxylation is 2. The Morgan fingerprint density at radius 2 is 1.34 bits per heavy atom. The Morgan fingerprint density at radius 3 is 1.97 bits per heavy atom. The maximum atomic E-state index is 3.93. The molecule has 0 saturated carbocycles. The molecule has 178 valence electrons. The first-order valence-corrected chi connectivity index (χ1v) is 12.8. The van der Waals surface area contributed by atoms with Crippen LogP contribution in [0.3, 0.4) is 0 Å². The number of hydrogen-bond donors (Lipinski definition) is 1. The van der Waals surface area contributed by atoms with Crippen LogP contribution in [-0.2, 0) is 5.54 Å². The lowest BCUT2D eigenvalue weighted by atomic mass is 9.82. The molecular formula is C34H37N. The van der Waals surface area contributed by atoms with Crippen molar-refractivity contribution >= 4 is 17.3 Å². The molecular weight excluding hydrogens is 422 g/mol. The van der Waals surface area contributed by atoms with Crippen molar-refractivity contribution in [1.82, 2.24) is 0 Å². The minimum atomic E-state index is -0.0810. The molecule has 1 unspecified atom stereocenters. The summed E-state index contributed by atoms with van der Waals surface area (Å²) in [5.74, 6) is 0. The summed E-state index contributed by atoms with van der Waals surface area (Å²) < 4.78 is 0. The van der Waals surface area contributed by atoms with E-state index in [4.69, 9.17) is 0 Å². The van der Waals surface area contributed by atoms with Gasteiger partial charge in [-0.15, -0.1) is 0 Å². The van der Waals surface area contributed by atoms with Crippen molar-refractivity contribution in [2.45, 2.75) is 52.5 Å². The number of rotatable bonds is 9. The summed E-state index contributed by atoms with van der Waals surface area (Å²) in [7, 11) is 0. The van der Waals surface area contributed by atoms with E-state index in [2.05, 4.69) is 142 Å². The maximum absolute atomic E-state index is 3.93. The molecule has 1 N–H and O–H groups in total. The number of benzene rings is 4. The molecule has 35 heavy (non-hydrogen) atoms. The van der Waals surface area contributed by atoms with E-state index >= 15 is 0 Å². The Kier molecular flexibility index (Phi) is 7.87. The summed E-state index contributed by atoms with van der Waals surface area (Å²) in [6.45, 7) is 8.88. The van der Waals surface area contributed by atoms with Crippen molar-refractivity contribution in [2.24, 2.45) is 0 Å². The molecule has 0 bridgehead atoms. The second-order valence-electron chi connectivity index (χ2n) is 9.54. The summed E-state index contributed by atoms with van der Waals surface area (Å²) in [4.78, 5) is 0. The Hall–Kier alpha value is -3.58. The predicted octanol–water partition coefficient (Wildman–Crippen LogP) is 9.41. The van der Waals surface area contributed by atoms with Crippen LogP contribution in [0.5, 0.6) is 0 Å². The van der Waals surface area contributed by atoms with Crippen molar-refractivity contribution in [3.8, 4) is 0 Å². The van der Waals surface area contributed by atoms with E-state index in [0.29, 0.717) is 0 Å². The topological polar surface area (TPSA) is 12.0 Å². The first-order valence-electron chi connectivity index (χ1n) is 12.8. The molecule has 4 aromatic carbocycles. The molecule has 0 aliphatic rings. The molecule has 0 fully saturated rings. The van der Waals surface area contributed by atoms with Gasteiger partial charge in [-0.3, -0.25) is 0 Å². The summed E-state index contributed by atoms with van der Waals surface area (Å²) in [5, 5.41) is 3.93. The Labute approximate surface area is 211 Å². The van der Waals surface area contributed by atoms with Crippen LogP contribution in [0.4, 0.5) is 5.69 Å². The van der Waals surface area contributed by atoms with Crippen LogP contribution in [0.2, 0.25) is 0 Å². The van der Waals surface area contributed by atoms with E-state index in [1.807, 2.05) is 0 Å². The number of hydrogen-bond acceptors (Lipinski definition) is 1. The van der Waals surface area contributed by atoms with E-state index in [1.54, 1.807) is 0 Å². The zero-order valence-corrected chi connectivity index (χ0v) is 21.5. The van der Waals surface area contributed by atoms with Gasteiger partial charge in [0, 0.05) is 5.69 Å². The van der Waals surface area contributed by atoms with Crippen LogP contribution in [0.1, 0.15) is 66.5 Å². The average Bonchev–Trinajstić information content (AvgIpc) is 2.90. The van der Waals surface area contributed by atoms with Crippen molar-refractivity contribution < 1.29 is 0 Å². The summed E-state index contributed by atoms with van der Waals surface area (Å²) >= 11 is 0. The van der Waals surface area contributed by atoms with Crippen LogP contribution >= 0.6 is 0 Å². The van der Waals surface area contributed by atoms with Gasteiger partial charge in [-0.2, -0.15) is 0 Å². The third-order valence-electron chi connectivity index (χ3n) is 7.02. The highest BCUT2D eigenvalue weighted by atomic mass is 15.0. The predicted molar refractivity (Wildman–Crippen MR) is 153 cm³/mol. The van der Waals surface area contributed by atoms with E-state index in [1.165, 1.54) is 44.6 Å². The highest BCUT2D eigenvalue weighted by Crippen LogP contribution is 2.36. The molecule has 0 heterocycles. The quantitative estimate of drug-likeness (QED) is 0.246. The number of nitrogens with one attached hydrogen (secondary N) is 1. The summed E-state index contributed by atoms with van der Waals surface area (Å²) in [5.41, 5.74) is 9.97. The van der Waals surface area contributed by atoms with Gasteiger partial charge >= 0.3 is 0 Å². The molecule has 0 aromatic heterocycles. The summed E-state index contributed by atoms with van der Waals surface area (Å²) in [6, 6.07) is 37.2. The zero-order valence-electron chi connectivity index (χ0n) is 21.5. The van der Waals surface area contributed by atoms with E-state index in [-0.39, 0.29) is 5.54 Å². The smallest absolute Gasteiger partial charge is 0.0622 e. The van der Waals surface area contributed by atoms with Gasteiger partial charge in [0.15, 0.2) is 0 Å². The second kappa shape index (κ2) is 11.2. The third kappa shape index (κ3) is 5.74. The molecule has 1 atom stereocenters. The third-order valence-corrected chi connectivity index (χ3v) is 7.02. The van der Waals surface area contributed by atoms with Gasteiger partial charge in [0.1, 0.15) is 0 Å². The fourth-order valence-electron chi connectivity index (χ4n) is 4.90. The monoisotopic (exact) mass is 459 g/mol. The molecule has 4 rings (SSSR count). The highest BCUT2D eigenvalue weighted by molar-refractivity contribution is 5.91. The van der Waals surface area contributed by atoms with E-state index in [0.717, 1.165) is 19.3 Å². The lowest BCUT2D eigenvalue weighted by Gasteiger charge is -2.36. The zero-order chi connectivity index (χ0) is 24.7.